The summed E-state index contributed by atoms with van der Waals surface area (Å²) in [5.41, 5.74) is 4.83. The van der Waals surface area contributed by atoms with Crippen LogP contribution in [0.3, 0.4) is 0 Å². The Morgan fingerprint density at radius 1 is 0.762 bits per heavy atom. The number of benzene rings is 4. The van der Waals surface area contributed by atoms with Crippen LogP contribution in [0.15, 0.2) is 91.0 Å². The molecule has 0 saturated heterocycles. The molecule has 3 atom stereocenters. The van der Waals surface area contributed by atoms with Crippen LogP contribution in [0.4, 0.5) is 16.2 Å². The van der Waals surface area contributed by atoms with E-state index >= 15 is 0 Å². The van der Waals surface area contributed by atoms with Crippen molar-refractivity contribution in [1.82, 2.24) is 15.5 Å². The monoisotopic (exact) mass is 861 g/mol. The number of hydrogen-bond donors (Lipinski definition) is 3. The van der Waals surface area contributed by atoms with Crippen LogP contribution in [0.1, 0.15) is 79.1 Å². The standard InChI is InChI=1S/C48H55N5O10/c1-30(2)44(51-42(54)17-11-12-18-43(55)61-5)46(57)49-31(3)45(56)50-36-21-19-33(20-22-36)29-63-48(59)53-27-37-23-34-15-9-10-16-35(34)26-52(37)47(58)38-24-40(60-4)41(25-39(38)53)62-28-32-13-7-6-8-14-32/h6-10,13-16,19-22,24-25,30-31,37,44H,11-12,17-18,23,26-29H2,1-5H3,(H,49,57)(H,50,56)(H,51,54)/t31-,37-,44-/m0/s1. The number of carbonyl (C=O) groups excluding carboxylic acids is 6. The van der Waals surface area contributed by atoms with Crippen LogP contribution >= 0.6 is 0 Å². The van der Waals surface area contributed by atoms with E-state index in [-0.39, 0.29) is 67.9 Å². The number of hydrogen-bond acceptors (Lipinski definition) is 10. The molecular weight excluding hydrogens is 807 g/mol. The van der Waals surface area contributed by atoms with Gasteiger partial charge in [-0.2, -0.15) is 0 Å². The van der Waals surface area contributed by atoms with Gasteiger partial charge in [0.2, 0.25) is 17.7 Å². The highest BCUT2D eigenvalue weighted by molar-refractivity contribution is 6.06. The van der Waals surface area contributed by atoms with Gasteiger partial charge in [-0.3, -0.25) is 28.9 Å². The van der Waals surface area contributed by atoms with Crippen LogP contribution in [0, 0.1) is 5.92 Å². The lowest BCUT2D eigenvalue weighted by atomic mass is 9.93. The number of anilines is 2. The molecule has 0 radical (unpaired) electrons. The van der Waals surface area contributed by atoms with Gasteiger partial charge in [0, 0.05) is 31.1 Å². The van der Waals surface area contributed by atoms with Crippen molar-refractivity contribution in [1.29, 1.82) is 0 Å². The topological polar surface area (TPSA) is 182 Å². The quantitative estimate of drug-likeness (QED) is 0.0804. The maximum atomic E-state index is 14.3. The number of rotatable bonds is 17. The van der Waals surface area contributed by atoms with Crippen molar-refractivity contribution in [2.24, 2.45) is 5.92 Å². The summed E-state index contributed by atoms with van der Waals surface area (Å²) >= 11 is 0. The predicted octanol–water partition coefficient (Wildman–Crippen LogP) is 6.32. The van der Waals surface area contributed by atoms with Gasteiger partial charge in [-0.15, -0.1) is 0 Å². The first-order valence-corrected chi connectivity index (χ1v) is 21.1. The highest BCUT2D eigenvalue weighted by Gasteiger charge is 2.40. The first-order valence-electron chi connectivity index (χ1n) is 21.1. The molecule has 332 valence electrons. The Morgan fingerprint density at radius 2 is 1.44 bits per heavy atom. The number of methoxy groups -OCH3 is 2. The van der Waals surface area contributed by atoms with Crippen molar-refractivity contribution in [3.05, 3.63) is 119 Å². The summed E-state index contributed by atoms with van der Waals surface area (Å²) in [6.07, 6.45) is 1.19. The number of nitrogens with one attached hydrogen (secondary N) is 3. The minimum atomic E-state index is -0.933. The van der Waals surface area contributed by atoms with E-state index < -0.39 is 30.0 Å². The van der Waals surface area contributed by atoms with E-state index in [1.165, 1.54) is 19.1 Å². The summed E-state index contributed by atoms with van der Waals surface area (Å²) in [6, 6.07) is 25.5. The second kappa shape index (κ2) is 21.3. The van der Waals surface area contributed by atoms with Gasteiger partial charge in [-0.05, 0) is 72.6 Å². The lowest BCUT2D eigenvalue weighted by Gasteiger charge is -2.36. The highest BCUT2D eigenvalue weighted by Crippen LogP contribution is 2.40. The molecule has 0 bridgehead atoms. The Kier molecular flexibility index (Phi) is 15.4. The van der Waals surface area contributed by atoms with Crippen LogP contribution in [-0.2, 0) is 54.8 Å². The third-order valence-electron chi connectivity index (χ3n) is 11.1. The molecule has 2 aliphatic rings. The fourth-order valence-electron chi connectivity index (χ4n) is 7.54. The molecule has 5 amide bonds. The Bertz CT molecular complexity index is 2280. The molecule has 4 aromatic carbocycles. The van der Waals surface area contributed by atoms with E-state index in [1.54, 1.807) is 62.1 Å². The number of esters is 1. The average molecular weight is 862 g/mol. The second-order valence-corrected chi connectivity index (χ2v) is 16.0. The summed E-state index contributed by atoms with van der Waals surface area (Å²) in [7, 11) is 2.82. The minimum absolute atomic E-state index is 0.0996. The molecule has 6 rings (SSSR count). The largest absolute Gasteiger partial charge is 0.493 e. The smallest absolute Gasteiger partial charge is 0.414 e. The summed E-state index contributed by atoms with van der Waals surface area (Å²) in [4.78, 5) is 81.9. The van der Waals surface area contributed by atoms with E-state index in [0.717, 1.165) is 16.7 Å². The van der Waals surface area contributed by atoms with Gasteiger partial charge in [0.15, 0.2) is 11.5 Å². The van der Waals surface area contributed by atoms with Gasteiger partial charge in [-0.1, -0.05) is 80.6 Å². The van der Waals surface area contributed by atoms with Crippen molar-refractivity contribution in [2.75, 3.05) is 31.0 Å². The third-order valence-corrected chi connectivity index (χ3v) is 11.1. The molecule has 15 heteroatoms. The number of ether oxygens (including phenoxy) is 4. The van der Waals surface area contributed by atoms with E-state index in [2.05, 4.69) is 20.7 Å². The molecule has 3 N–H and O–H groups in total. The van der Waals surface area contributed by atoms with Crippen molar-refractivity contribution < 1.29 is 47.7 Å². The SMILES string of the molecule is COC(=O)CCCCC(=O)N[C@H](C(=O)N[C@@H](C)C(=O)Nc1ccc(COC(=O)N2C[C@@H]3Cc4ccccc4CN3C(=O)c3cc(OC)c(OCc4ccccc4)cc32)cc1)C(C)C. The van der Waals surface area contributed by atoms with E-state index in [9.17, 15) is 28.8 Å². The Hall–Kier alpha value is -6.90. The molecule has 0 unspecified atom stereocenters. The van der Waals surface area contributed by atoms with Crippen LogP contribution < -0.4 is 30.3 Å². The summed E-state index contributed by atoms with van der Waals surface area (Å²) in [5.74, 6) is -1.41. The van der Waals surface area contributed by atoms with E-state index in [1.807, 2.05) is 54.6 Å². The molecule has 0 saturated carbocycles. The zero-order chi connectivity index (χ0) is 45.0. The summed E-state index contributed by atoms with van der Waals surface area (Å²) in [6.45, 7) is 5.84. The van der Waals surface area contributed by atoms with Crippen molar-refractivity contribution >= 4 is 47.1 Å². The molecule has 0 aliphatic carbocycles. The zero-order valence-corrected chi connectivity index (χ0v) is 36.3. The average Bonchev–Trinajstić information content (AvgIpc) is 3.40. The summed E-state index contributed by atoms with van der Waals surface area (Å²) < 4.78 is 22.4. The van der Waals surface area contributed by atoms with Crippen molar-refractivity contribution in [2.45, 2.75) is 90.8 Å². The number of amides is 5. The van der Waals surface area contributed by atoms with Crippen LogP contribution in [0.2, 0.25) is 0 Å². The molecule has 0 spiro atoms. The molecular formula is C48H55N5O10. The van der Waals surface area contributed by atoms with Gasteiger partial charge in [-0.25, -0.2) is 4.79 Å². The number of nitrogens with zero attached hydrogens (tertiary/aromatic N) is 2. The fraction of sp³-hybridized carbons (Fsp3) is 0.375. The summed E-state index contributed by atoms with van der Waals surface area (Å²) in [5, 5.41) is 8.21. The first kappa shape index (κ1) is 45.6. The maximum absolute atomic E-state index is 14.3. The van der Waals surface area contributed by atoms with E-state index in [4.69, 9.17) is 14.2 Å². The Labute approximate surface area is 367 Å². The molecule has 15 nitrogen and oxygen atoms in total. The van der Waals surface area contributed by atoms with Gasteiger partial charge >= 0.3 is 12.1 Å². The number of fused-ring (bicyclic) bond motifs is 3. The highest BCUT2D eigenvalue weighted by atomic mass is 16.6. The molecule has 0 fully saturated rings. The number of unbranched alkanes of at least 4 members (excludes halogenated alkanes) is 1. The fourth-order valence-corrected chi connectivity index (χ4v) is 7.54. The minimum Gasteiger partial charge on any atom is -0.493 e. The maximum Gasteiger partial charge on any atom is 0.414 e. The lowest BCUT2D eigenvalue weighted by molar-refractivity contribution is -0.140. The van der Waals surface area contributed by atoms with Gasteiger partial charge < -0.3 is 39.8 Å². The predicted molar refractivity (Wildman–Crippen MR) is 235 cm³/mol. The molecule has 2 heterocycles. The molecule has 0 aromatic heterocycles. The van der Waals surface area contributed by atoms with E-state index in [0.29, 0.717) is 54.2 Å². The third kappa shape index (κ3) is 11.7. The second-order valence-electron chi connectivity index (χ2n) is 16.0. The first-order chi connectivity index (χ1) is 30.3. The normalized spacial score (nSPS) is 15.1. The number of carbonyl (C=O) groups is 6. The van der Waals surface area contributed by atoms with Crippen LogP contribution in [0.5, 0.6) is 11.5 Å². The van der Waals surface area contributed by atoms with Crippen molar-refractivity contribution in [3.63, 3.8) is 0 Å². The van der Waals surface area contributed by atoms with Crippen LogP contribution in [0.25, 0.3) is 0 Å². The molecule has 4 aromatic rings. The lowest BCUT2D eigenvalue weighted by Crippen LogP contribution is -2.53. The van der Waals surface area contributed by atoms with Crippen molar-refractivity contribution in [3.8, 4) is 11.5 Å². The molecule has 2 aliphatic heterocycles. The molecule has 63 heavy (non-hydrogen) atoms. The Balaban J connectivity index is 1.09. The van der Waals surface area contributed by atoms with Gasteiger partial charge in [0.1, 0.15) is 25.3 Å². The van der Waals surface area contributed by atoms with Crippen LogP contribution in [-0.4, -0.2) is 79.5 Å². The Morgan fingerprint density at radius 3 is 2.14 bits per heavy atom. The van der Waals surface area contributed by atoms with Gasteiger partial charge in [0.25, 0.3) is 5.91 Å². The van der Waals surface area contributed by atoms with Gasteiger partial charge in [0.05, 0.1) is 38.1 Å². The zero-order valence-electron chi connectivity index (χ0n) is 36.3.